The average molecular weight is 227 g/mol. The summed E-state index contributed by atoms with van der Waals surface area (Å²) in [7, 11) is 0. The molecular weight excluding hydrogens is 202 g/mol. The molecule has 0 spiro atoms. The molecule has 0 aromatic rings. The normalized spacial score (nSPS) is 37.5. The Bertz CT molecular complexity index is 194. The summed E-state index contributed by atoms with van der Waals surface area (Å²) in [5, 5.41) is 3.39. The SMILES string of the molecule is CC1CC(OCC2CCNCC2)CC(C)O1. The van der Waals surface area contributed by atoms with Gasteiger partial charge in [-0.05, 0) is 58.5 Å². The number of hydrogen-bond acceptors (Lipinski definition) is 3. The van der Waals surface area contributed by atoms with E-state index in [-0.39, 0.29) is 0 Å². The van der Waals surface area contributed by atoms with Gasteiger partial charge in [0.1, 0.15) is 0 Å². The van der Waals surface area contributed by atoms with Crippen LogP contribution in [0.1, 0.15) is 39.5 Å². The molecule has 3 nitrogen and oxygen atoms in total. The molecule has 2 heterocycles. The Morgan fingerprint density at radius 2 is 1.75 bits per heavy atom. The van der Waals surface area contributed by atoms with Gasteiger partial charge < -0.3 is 14.8 Å². The summed E-state index contributed by atoms with van der Waals surface area (Å²) in [5.74, 6) is 0.773. The Kier molecular flexibility index (Phi) is 4.62. The highest BCUT2D eigenvalue weighted by molar-refractivity contribution is 4.75. The lowest BCUT2D eigenvalue weighted by Gasteiger charge is -2.33. The van der Waals surface area contributed by atoms with Gasteiger partial charge in [-0.25, -0.2) is 0 Å². The molecule has 2 aliphatic heterocycles. The second-order valence-electron chi connectivity index (χ2n) is 5.38. The van der Waals surface area contributed by atoms with E-state index in [2.05, 4.69) is 19.2 Å². The summed E-state index contributed by atoms with van der Waals surface area (Å²) in [5.41, 5.74) is 0. The van der Waals surface area contributed by atoms with Crippen molar-refractivity contribution in [3.63, 3.8) is 0 Å². The number of hydrogen-bond donors (Lipinski definition) is 1. The van der Waals surface area contributed by atoms with Crippen molar-refractivity contribution < 1.29 is 9.47 Å². The molecule has 0 aliphatic carbocycles. The molecular formula is C13H25NO2. The van der Waals surface area contributed by atoms with E-state index in [0.29, 0.717) is 18.3 Å². The van der Waals surface area contributed by atoms with E-state index < -0.39 is 0 Å². The summed E-state index contributed by atoms with van der Waals surface area (Å²) in [6, 6.07) is 0. The van der Waals surface area contributed by atoms with Crippen LogP contribution in [-0.4, -0.2) is 38.0 Å². The Hall–Kier alpha value is -0.120. The lowest BCUT2D eigenvalue weighted by atomic mass is 9.98. The maximum absolute atomic E-state index is 6.06. The Morgan fingerprint density at radius 3 is 2.38 bits per heavy atom. The molecule has 94 valence electrons. The topological polar surface area (TPSA) is 30.5 Å². The molecule has 16 heavy (non-hydrogen) atoms. The maximum Gasteiger partial charge on any atom is 0.0624 e. The highest BCUT2D eigenvalue weighted by Crippen LogP contribution is 2.23. The highest BCUT2D eigenvalue weighted by Gasteiger charge is 2.25. The van der Waals surface area contributed by atoms with Gasteiger partial charge in [0.25, 0.3) is 0 Å². The van der Waals surface area contributed by atoms with E-state index in [1.165, 1.54) is 12.8 Å². The maximum atomic E-state index is 6.06. The van der Waals surface area contributed by atoms with Crippen LogP contribution in [-0.2, 0) is 9.47 Å². The number of ether oxygens (including phenoxy) is 2. The minimum Gasteiger partial charge on any atom is -0.378 e. The highest BCUT2D eigenvalue weighted by atomic mass is 16.5. The molecule has 2 rings (SSSR count). The smallest absolute Gasteiger partial charge is 0.0624 e. The van der Waals surface area contributed by atoms with Crippen molar-refractivity contribution in [2.75, 3.05) is 19.7 Å². The van der Waals surface area contributed by atoms with Gasteiger partial charge in [-0.15, -0.1) is 0 Å². The molecule has 0 saturated carbocycles. The molecule has 2 atom stereocenters. The predicted octanol–water partition coefficient (Wildman–Crippen LogP) is 1.96. The average Bonchev–Trinajstić information content (AvgIpc) is 2.27. The third kappa shape index (κ3) is 3.72. The standard InChI is InChI=1S/C13H25NO2/c1-10-7-13(8-11(2)16-10)15-9-12-3-5-14-6-4-12/h10-14H,3-9H2,1-2H3. The van der Waals surface area contributed by atoms with Crippen LogP contribution in [0.25, 0.3) is 0 Å². The minimum absolute atomic E-state index is 0.363. The summed E-state index contributed by atoms with van der Waals surface area (Å²) < 4.78 is 11.8. The molecule has 2 fully saturated rings. The van der Waals surface area contributed by atoms with Crippen LogP contribution in [0, 0.1) is 5.92 Å². The number of piperidine rings is 1. The fraction of sp³-hybridized carbons (Fsp3) is 1.00. The zero-order valence-electron chi connectivity index (χ0n) is 10.6. The van der Waals surface area contributed by atoms with Crippen molar-refractivity contribution in [3.8, 4) is 0 Å². The molecule has 3 heteroatoms. The zero-order valence-corrected chi connectivity index (χ0v) is 10.6. The Morgan fingerprint density at radius 1 is 1.12 bits per heavy atom. The first-order valence-electron chi connectivity index (χ1n) is 6.72. The summed E-state index contributed by atoms with van der Waals surface area (Å²) in [6.07, 6.45) is 5.82. The molecule has 2 aliphatic rings. The second kappa shape index (κ2) is 5.99. The molecule has 0 aromatic carbocycles. The van der Waals surface area contributed by atoms with Crippen LogP contribution in [0.4, 0.5) is 0 Å². The number of rotatable bonds is 3. The van der Waals surface area contributed by atoms with Crippen molar-refractivity contribution >= 4 is 0 Å². The molecule has 0 radical (unpaired) electrons. The zero-order chi connectivity index (χ0) is 11.4. The lowest BCUT2D eigenvalue weighted by Crippen LogP contribution is -2.36. The van der Waals surface area contributed by atoms with Crippen molar-refractivity contribution in [1.82, 2.24) is 5.32 Å². The molecule has 2 saturated heterocycles. The first-order valence-corrected chi connectivity index (χ1v) is 6.72. The van der Waals surface area contributed by atoms with Gasteiger partial charge in [0.2, 0.25) is 0 Å². The third-order valence-electron chi connectivity index (χ3n) is 3.68. The van der Waals surface area contributed by atoms with Gasteiger partial charge >= 0.3 is 0 Å². The van der Waals surface area contributed by atoms with Crippen LogP contribution in [0.15, 0.2) is 0 Å². The largest absolute Gasteiger partial charge is 0.378 e. The molecule has 0 amide bonds. The molecule has 1 N–H and O–H groups in total. The van der Waals surface area contributed by atoms with Crippen LogP contribution in [0.3, 0.4) is 0 Å². The quantitative estimate of drug-likeness (QED) is 0.799. The van der Waals surface area contributed by atoms with E-state index in [1.807, 2.05) is 0 Å². The van der Waals surface area contributed by atoms with Gasteiger partial charge in [-0.2, -0.15) is 0 Å². The third-order valence-corrected chi connectivity index (χ3v) is 3.68. The summed E-state index contributed by atoms with van der Waals surface area (Å²) in [6.45, 7) is 7.57. The first kappa shape index (κ1) is 12.3. The Balaban J connectivity index is 1.68. The van der Waals surface area contributed by atoms with Gasteiger partial charge in [0.05, 0.1) is 18.3 Å². The molecule has 0 aromatic heterocycles. The fourth-order valence-corrected chi connectivity index (χ4v) is 2.80. The van der Waals surface area contributed by atoms with Gasteiger partial charge in [0.15, 0.2) is 0 Å². The summed E-state index contributed by atoms with van der Waals surface area (Å²) in [4.78, 5) is 0. The predicted molar refractivity (Wildman–Crippen MR) is 64.6 cm³/mol. The lowest BCUT2D eigenvalue weighted by molar-refractivity contribution is -0.108. The molecule has 2 unspecified atom stereocenters. The first-order chi connectivity index (χ1) is 7.74. The monoisotopic (exact) mass is 227 g/mol. The minimum atomic E-state index is 0.363. The van der Waals surface area contributed by atoms with E-state index in [0.717, 1.165) is 38.5 Å². The van der Waals surface area contributed by atoms with Gasteiger partial charge in [-0.3, -0.25) is 0 Å². The van der Waals surface area contributed by atoms with E-state index in [9.17, 15) is 0 Å². The van der Waals surface area contributed by atoms with E-state index in [4.69, 9.17) is 9.47 Å². The van der Waals surface area contributed by atoms with Crippen molar-refractivity contribution in [2.45, 2.75) is 57.8 Å². The van der Waals surface area contributed by atoms with Crippen LogP contribution in [0.2, 0.25) is 0 Å². The van der Waals surface area contributed by atoms with Gasteiger partial charge in [-0.1, -0.05) is 0 Å². The van der Waals surface area contributed by atoms with Crippen LogP contribution < -0.4 is 5.32 Å². The second-order valence-corrected chi connectivity index (χ2v) is 5.38. The van der Waals surface area contributed by atoms with Crippen molar-refractivity contribution in [3.05, 3.63) is 0 Å². The number of nitrogens with one attached hydrogen (secondary N) is 1. The van der Waals surface area contributed by atoms with Crippen molar-refractivity contribution in [1.29, 1.82) is 0 Å². The van der Waals surface area contributed by atoms with Crippen molar-refractivity contribution in [2.24, 2.45) is 5.92 Å². The Labute approximate surface area is 98.9 Å². The van der Waals surface area contributed by atoms with Gasteiger partial charge in [0, 0.05) is 6.61 Å². The summed E-state index contributed by atoms with van der Waals surface area (Å²) >= 11 is 0. The van der Waals surface area contributed by atoms with E-state index >= 15 is 0 Å². The van der Waals surface area contributed by atoms with E-state index in [1.54, 1.807) is 0 Å². The van der Waals surface area contributed by atoms with Crippen LogP contribution >= 0.6 is 0 Å². The van der Waals surface area contributed by atoms with Crippen LogP contribution in [0.5, 0.6) is 0 Å². The molecule has 0 bridgehead atoms. The fourth-order valence-electron chi connectivity index (χ4n) is 2.80.